The normalized spacial score (nSPS) is 12.9. The van der Waals surface area contributed by atoms with Crippen molar-refractivity contribution in [2.24, 2.45) is 5.73 Å². The molecule has 19 heavy (non-hydrogen) atoms. The standard InChI is InChI=1S/C15H23N3O/c1-4-14(19-3)8-12-6-5-7-13(9-16)15(12)18-10-11(2)17/h5-9,11,16,18H,4,10,17H2,1-3H3/b14-8-,16-9?/t11-/m0/s1. The van der Waals surface area contributed by atoms with E-state index in [-0.39, 0.29) is 6.04 Å². The second kappa shape index (κ2) is 7.59. The predicted octanol–water partition coefficient (Wildman–Crippen LogP) is 2.84. The average Bonchev–Trinajstić information content (AvgIpc) is 2.42. The molecule has 1 aromatic rings. The molecule has 0 aliphatic rings. The van der Waals surface area contributed by atoms with E-state index in [1.54, 1.807) is 7.11 Å². The molecule has 0 radical (unpaired) electrons. The van der Waals surface area contributed by atoms with Gasteiger partial charge in [-0.1, -0.05) is 25.1 Å². The lowest BCUT2D eigenvalue weighted by molar-refractivity contribution is 0.285. The van der Waals surface area contributed by atoms with E-state index in [0.717, 1.165) is 29.0 Å². The topological polar surface area (TPSA) is 71.1 Å². The third-order valence-corrected chi connectivity index (χ3v) is 2.81. The molecule has 0 amide bonds. The first-order valence-corrected chi connectivity index (χ1v) is 6.49. The van der Waals surface area contributed by atoms with E-state index in [4.69, 9.17) is 15.9 Å². The molecule has 4 heteroatoms. The molecule has 0 saturated heterocycles. The average molecular weight is 261 g/mol. The molecule has 0 bridgehead atoms. The summed E-state index contributed by atoms with van der Waals surface area (Å²) >= 11 is 0. The number of nitrogens with two attached hydrogens (primary N) is 1. The van der Waals surface area contributed by atoms with Crippen molar-refractivity contribution in [3.8, 4) is 0 Å². The Balaban J connectivity index is 3.15. The fourth-order valence-corrected chi connectivity index (χ4v) is 1.78. The summed E-state index contributed by atoms with van der Waals surface area (Å²) in [6.07, 6.45) is 4.17. The first-order valence-electron chi connectivity index (χ1n) is 6.49. The Hall–Kier alpha value is -1.81. The Morgan fingerprint density at radius 2 is 2.16 bits per heavy atom. The maximum Gasteiger partial charge on any atom is 0.0959 e. The lowest BCUT2D eigenvalue weighted by atomic mass is 10.1. The molecule has 1 aromatic carbocycles. The Morgan fingerprint density at radius 1 is 1.47 bits per heavy atom. The van der Waals surface area contributed by atoms with Crippen LogP contribution in [0.5, 0.6) is 0 Å². The minimum atomic E-state index is 0.0590. The lowest BCUT2D eigenvalue weighted by Crippen LogP contribution is -2.25. The summed E-state index contributed by atoms with van der Waals surface area (Å²) in [6, 6.07) is 5.91. The van der Waals surface area contributed by atoms with Crippen molar-refractivity contribution in [3.05, 3.63) is 35.1 Å². The van der Waals surface area contributed by atoms with Crippen molar-refractivity contribution in [1.29, 1.82) is 5.41 Å². The van der Waals surface area contributed by atoms with Gasteiger partial charge in [0.05, 0.1) is 18.6 Å². The maximum absolute atomic E-state index is 7.49. The van der Waals surface area contributed by atoms with Crippen LogP contribution in [0.4, 0.5) is 5.69 Å². The zero-order valence-electron chi connectivity index (χ0n) is 11.9. The van der Waals surface area contributed by atoms with Gasteiger partial charge in [-0.15, -0.1) is 0 Å². The largest absolute Gasteiger partial charge is 0.501 e. The summed E-state index contributed by atoms with van der Waals surface area (Å²) in [4.78, 5) is 0. The second-order valence-corrected chi connectivity index (χ2v) is 4.48. The molecule has 0 spiro atoms. The minimum absolute atomic E-state index is 0.0590. The first kappa shape index (κ1) is 15.2. The molecule has 1 rings (SSSR count). The van der Waals surface area contributed by atoms with Gasteiger partial charge in [-0.25, -0.2) is 0 Å². The minimum Gasteiger partial charge on any atom is -0.501 e. The molecule has 0 aliphatic heterocycles. The van der Waals surface area contributed by atoms with E-state index >= 15 is 0 Å². The summed E-state index contributed by atoms with van der Waals surface area (Å²) < 4.78 is 5.31. The summed E-state index contributed by atoms with van der Waals surface area (Å²) in [6.45, 7) is 4.66. The van der Waals surface area contributed by atoms with Crippen LogP contribution in [0.1, 0.15) is 31.4 Å². The highest BCUT2D eigenvalue weighted by molar-refractivity contribution is 5.89. The SMILES string of the molecule is CC/C(=C/c1cccc(C=N)c1NC[C@H](C)N)OC. The third-order valence-electron chi connectivity index (χ3n) is 2.81. The summed E-state index contributed by atoms with van der Waals surface area (Å²) in [7, 11) is 1.67. The number of para-hydroxylation sites is 1. The molecule has 0 saturated carbocycles. The van der Waals surface area contributed by atoms with Gasteiger partial charge in [0.1, 0.15) is 0 Å². The van der Waals surface area contributed by atoms with E-state index in [9.17, 15) is 0 Å². The van der Waals surface area contributed by atoms with E-state index in [2.05, 4.69) is 5.32 Å². The van der Waals surface area contributed by atoms with Gasteiger partial charge in [0.2, 0.25) is 0 Å². The molecule has 1 atom stereocenters. The monoisotopic (exact) mass is 261 g/mol. The van der Waals surface area contributed by atoms with Crippen LogP contribution >= 0.6 is 0 Å². The van der Waals surface area contributed by atoms with Crippen LogP contribution in [0.15, 0.2) is 24.0 Å². The van der Waals surface area contributed by atoms with Gasteiger partial charge >= 0.3 is 0 Å². The number of rotatable bonds is 7. The van der Waals surface area contributed by atoms with Crippen LogP contribution in [0, 0.1) is 5.41 Å². The van der Waals surface area contributed by atoms with Crippen LogP contribution in [-0.2, 0) is 4.74 Å². The lowest BCUT2D eigenvalue weighted by Gasteiger charge is -2.15. The molecule has 0 aliphatic carbocycles. The van der Waals surface area contributed by atoms with Gasteiger partial charge in [0.25, 0.3) is 0 Å². The number of hydrogen-bond acceptors (Lipinski definition) is 4. The Morgan fingerprint density at radius 3 is 2.68 bits per heavy atom. The zero-order valence-corrected chi connectivity index (χ0v) is 11.9. The Labute approximate surface area is 115 Å². The number of ether oxygens (including phenoxy) is 1. The van der Waals surface area contributed by atoms with Crippen molar-refractivity contribution >= 4 is 18.0 Å². The molecule has 0 heterocycles. The molecule has 0 fully saturated rings. The number of nitrogens with one attached hydrogen (secondary N) is 2. The number of hydrogen-bond donors (Lipinski definition) is 3. The predicted molar refractivity (Wildman–Crippen MR) is 81.7 cm³/mol. The smallest absolute Gasteiger partial charge is 0.0959 e. The number of allylic oxidation sites excluding steroid dienone is 1. The maximum atomic E-state index is 7.49. The van der Waals surface area contributed by atoms with Crippen LogP contribution in [0.25, 0.3) is 6.08 Å². The molecule has 0 aromatic heterocycles. The molecule has 0 unspecified atom stereocenters. The van der Waals surface area contributed by atoms with Gasteiger partial charge in [0.15, 0.2) is 0 Å². The quantitative estimate of drug-likeness (QED) is 0.522. The number of anilines is 1. The van der Waals surface area contributed by atoms with E-state index in [1.807, 2.05) is 38.1 Å². The van der Waals surface area contributed by atoms with Gasteiger partial charge in [-0.2, -0.15) is 0 Å². The molecule has 104 valence electrons. The van der Waals surface area contributed by atoms with Crippen molar-refractivity contribution in [2.75, 3.05) is 19.0 Å². The highest BCUT2D eigenvalue weighted by atomic mass is 16.5. The first-order chi connectivity index (χ1) is 9.12. The van der Waals surface area contributed by atoms with Crippen molar-refractivity contribution in [3.63, 3.8) is 0 Å². The molecular weight excluding hydrogens is 238 g/mol. The van der Waals surface area contributed by atoms with Gasteiger partial charge < -0.3 is 21.2 Å². The van der Waals surface area contributed by atoms with Crippen molar-refractivity contribution < 1.29 is 4.74 Å². The van der Waals surface area contributed by atoms with Gasteiger partial charge in [-0.05, 0) is 13.0 Å². The number of benzene rings is 1. The van der Waals surface area contributed by atoms with Crippen LogP contribution in [-0.4, -0.2) is 25.9 Å². The third kappa shape index (κ3) is 4.41. The summed E-state index contributed by atoms with van der Waals surface area (Å²) in [5.74, 6) is 0.908. The highest BCUT2D eigenvalue weighted by Gasteiger charge is 2.07. The Bertz CT molecular complexity index is 447. The molecule has 4 N–H and O–H groups in total. The highest BCUT2D eigenvalue weighted by Crippen LogP contribution is 2.23. The second-order valence-electron chi connectivity index (χ2n) is 4.48. The summed E-state index contributed by atoms with van der Waals surface area (Å²) in [5, 5.41) is 10.8. The van der Waals surface area contributed by atoms with Crippen LogP contribution < -0.4 is 11.1 Å². The summed E-state index contributed by atoms with van der Waals surface area (Å²) in [5.41, 5.74) is 8.57. The van der Waals surface area contributed by atoms with Gasteiger partial charge in [-0.3, -0.25) is 0 Å². The van der Waals surface area contributed by atoms with Gasteiger partial charge in [0, 0.05) is 36.3 Å². The van der Waals surface area contributed by atoms with E-state index in [0.29, 0.717) is 6.54 Å². The number of methoxy groups -OCH3 is 1. The molecule has 4 nitrogen and oxygen atoms in total. The fourth-order valence-electron chi connectivity index (χ4n) is 1.78. The van der Waals surface area contributed by atoms with Crippen molar-refractivity contribution in [1.82, 2.24) is 0 Å². The fraction of sp³-hybridized carbons (Fsp3) is 0.400. The Kier molecular flexibility index (Phi) is 6.09. The van der Waals surface area contributed by atoms with E-state index in [1.165, 1.54) is 6.21 Å². The van der Waals surface area contributed by atoms with E-state index < -0.39 is 0 Å². The van der Waals surface area contributed by atoms with Crippen LogP contribution in [0.2, 0.25) is 0 Å². The molecular formula is C15H23N3O. The van der Waals surface area contributed by atoms with Crippen LogP contribution in [0.3, 0.4) is 0 Å². The zero-order chi connectivity index (χ0) is 14.3. The van der Waals surface area contributed by atoms with Crippen molar-refractivity contribution in [2.45, 2.75) is 26.3 Å².